The van der Waals surface area contributed by atoms with Crippen LogP contribution in [0.5, 0.6) is 0 Å². The molecule has 0 atom stereocenters. The molecular formula is C20H25N3O2S. The maximum Gasteiger partial charge on any atom is 0.243 e. The van der Waals surface area contributed by atoms with Gasteiger partial charge in [0.1, 0.15) is 0 Å². The van der Waals surface area contributed by atoms with Crippen molar-refractivity contribution in [2.75, 3.05) is 38.1 Å². The van der Waals surface area contributed by atoms with Crippen LogP contribution in [0.2, 0.25) is 0 Å². The number of piperazine rings is 1. The molecule has 0 N–H and O–H groups in total. The number of anilines is 1. The Morgan fingerprint density at radius 3 is 2.38 bits per heavy atom. The highest BCUT2D eigenvalue weighted by atomic mass is 32.2. The summed E-state index contributed by atoms with van der Waals surface area (Å²) in [6.45, 7) is 6.86. The lowest BCUT2D eigenvalue weighted by atomic mass is 10.1. The molecule has 2 aliphatic rings. The molecule has 6 heteroatoms. The molecule has 5 nitrogen and oxygen atoms in total. The van der Waals surface area contributed by atoms with E-state index in [9.17, 15) is 8.42 Å². The van der Waals surface area contributed by atoms with E-state index in [1.54, 1.807) is 22.5 Å². The molecule has 0 aliphatic carbocycles. The van der Waals surface area contributed by atoms with Crippen molar-refractivity contribution in [1.82, 2.24) is 9.21 Å². The van der Waals surface area contributed by atoms with Gasteiger partial charge in [-0.1, -0.05) is 24.3 Å². The molecule has 1 fully saturated rings. The molecule has 2 heterocycles. The van der Waals surface area contributed by atoms with E-state index in [-0.39, 0.29) is 0 Å². The number of likely N-dealkylation sites (N-methyl/N-ethyl adjacent to an activating group) is 1. The third-order valence-corrected chi connectivity index (χ3v) is 7.19. The summed E-state index contributed by atoms with van der Waals surface area (Å²) in [4.78, 5) is 5.10. The van der Waals surface area contributed by atoms with E-state index < -0.39 is 10.0 Å². The second-order valence-electron chi connectivity index (χ2n) is 7.29. The minimum Gasteiger partial charge on any atom is -0.369 e. The van der Waals surface area contributed by atoms with E-state index in [0.29, 0.717) is 18.0 Å². The fourth-order valence-corrected chi connectivity index (χ4v) is 5.30. The summed E-state index contributed by atoms with van der Waals surface area (Å²) in [5.41, 5.74) is 4.43. The summed E-state index contributed by atoms with van der Waals surface area (Å²) in [6.07, 6.45) is 0. The molecular weight excluding hydrogens is 346 g/mol. The van der Waals surface area contributed by atoms with Crippen LogP contribution in [-0.2, 0) is 23.1 Å². The fourth-order valence-electron chi connectivity index (χ4n) is 3.81. The normalized spacial score (nSPS) is 18.9. The van der Waals surface area contributed by atoms with Crippen molar-refractivity contribution in [2.24, 2.45) is 0 Å². The lowest BCUT2D eigenvalue weighted by Crippen LogP contribution is -2.44. The maximum absolute atomic E-state index is 13.1. The maximum atomic E-state index is 13.1. The zero-order chi connectivity index (χ0) is 18.3. The number of fused-ring (bicyclic) bond motifs is 1. The van der Waals surface area contributed by atoms with Gasteiger partial charge in [-0.2, -0.15) is 4.31 Å². The van der Waals surface area contributed by atoms with Gasteiger partial charge in [0.25, 0.3) is 0 Å². The fraction of sp³-hybridized carbons (Fsp3) is 0.400. The molecule has 0 amide bonds. The van der Waals surface area contributed by atoms with E-state index in [1.807, 2.05) is 13.0 Å². The van der Waals surface area contributed by atoms with E-state index in [1.165, 1.54) is 5.69 Å². The summed E-state index contributed by atoms with van der Waals surface area (Å²) in [5.74, 6) is 0. The zero-order valence-electron chi connectivity index (χ0n) is 15.4. The van der Waals surface area contributed by atoms with Gasteiger partial charge in [0, 0.05) is 45.0 Å². The Morgan fingerprint density at radius 2 is 1.65 bits per heavy atom. The number of aryl methyl sites for hydroxylation is 1. The quantitative estimate of drug-likeness (QED) is 0.831. The van der Waals surface area contributed by atoms with Crippen LogP contribution in [0.15, 0.2) is 47.4 Å². The van der Waals surface area contributed by atoms with Crippen LogP contribution in [0.25, 0.3) is 0 Å². The van der Waals surface area contributed by atoms with E-state index in [4.69, 9.17) is 0 Å². The topological polar surface area (TPSA) is 43.9 Å². The number of nitrogens with zero attached hydrogens (tertiary/aromatic N) is 3. The minimum atomic E-state index is -3.48. The lowest BCUT2D eigenvalue weighted by Gasteiger charge is -2.35. The molecule has 26 heavy (non-hydrogen) atoms. The Hall–Kier alpha value is -1.89. The van der Waals surface area contributed by atoms with E-state index in [2.05, 4.69) is 35.0 Å². The van der Waals surface area contributed by atoms with Crippen molar-refractivity contribution in [3.63, 3.8) is 0 Å². The first kappa shape index (κ1) is 17.5. The molecule has 138 valence electrons. The molecule has 0 radical (unpaired) electrons. The van der Waals surface area contributed by atoms with Crippen molar-refractivity contribution in [1.29, 1.82) is 0 Å². The molecule has 1 saturated heterocycles. The van der Waals surface area contributed by atoms with Crippen LogP contribution in [0, 0.1) is 6.92 Å². The highest BCUT2D eigenvalue weighted by Gasteiger charge is 2.33. The third kappa shape index (κ3) is 3.13. The second kappa shape index (κ2) is 6.68. The highest BCUT2D eigenvalue weighted by molar-refractivity contribution is 7.89. The first-order valence-electron chi connectivity index (χ1n) is 9.06. The van der Waals surface area contributed by atoms with Gasteiger partial charge >= 0.3 is 0 Å². The molecule has 0 bridgehead atoms. The van der Waals surface area contributed by atoms with E-state index in [0.717, 1.165) is 42.9 Å². The monoisotopic (exact) mass is 371 g/mol. The number of sulfonamides is 1. The van der Waals surface area contributed by atoms with Gasteiger partial charge in [-0.25, -0.2) is 8.42 Å². The summed E-state index contributed by atoms with van der Waals surface area (Å²) in [5, 5.41) is 0. The van der Waals surface area contributed by atoms with Crippen LogP contribution in [0.4, 0.5) is 5.69 Å². The predicted molar refractivity (Wildman–Crippen MR) is 104 cm³/mol. The van der Waals surface area contributed by atoms with Crippen LogP contribution in [-0.4, -0.2) is 50.8 Å². The van der Waals surface area contributed by atoms with Crippen LogP contribution >= 0.6 is 0 Å². The first-order chi connectivity index (χ1) is 12.4. The Kier molecular flexibility index (Phi) is 4.50. The van der Waals surface area contributed by atoms with Gasteiger partial charge in [-0.3, -0.25) is 0 Å². The van der Waals surface area contributed by atoms with Gasteiger partial charge in [-0.15, -0.1) is 0 Å². The standard InChI is InChI=1S/C20H25N3O2S/c1-16-5-3-7-18(13-16)26(24,25)23-14-17-6-4-8-20(19(17)15-23)22-11-9-21(2)10-12-22/h3-8,13H,9-12,14-15H2,1-2H3. The number of rotatable bonds is 3. The van der Waals surface area contributed by atoms with Gasteiger partial charge in [0.05, 0.1) is 4.90 Å². The Bertz CT molecular complexity index is 918. The molecule has 2 aromatic rings. The lowest BCUT2D eigenvalue weighted by molar-refractivity contribution is 0.312. The summed E-state index contributed by atoms with van der Waals surface area (Å²) in [6, 6.07) is 13.4. The van der Waals surface area contributed by atoms with Crippen molar-refractivity contribution in [2.45, 2.75) is 24.9 Å². The Balaban J connectivity index is 1.62. The molecule has 2 aromatic carbocycles. The predicted octanol–water partition coefficient (Wildman–Crippen LogP) is 2.45. The van der Waals surface area contributed by atoms with Crippen LogP contribution < -0.4 is 4.90 Å². The average Bonchev–Trinajstić information content (AvgIpc) is 3.07. The van der Waals surface area contributed by atoms with Gasteiger partial charge in [0.15, 0.2) is 0 Å². The zero-order valence-corrected chi connectivity index (χ0v) is 16.2. The smallest absolute Gasteiger partial charge is 0.243 e. The highest BCUT2D eigenvalue weighted by Crippen LogP contribution is 2.35. The average molecular weight is 372 g/mol. The molecule has 0 unspecified atom stereocenters. The summed E-state index contributed by atoms with van der Waals surface area (Å²) < 4.78 is 27.8. The Labute approximate surface area is 155 Å². The van der Waals surface area contributed by atoms with Crippen LogP contribution in [0.1, 0.15) is 16.7 Å². The van der Waals surface area contributed by atoms with Crippen molar-refractivity contribution in [3.05, 3.63) is 59.2 Å². The number of hydrogen-bond acceptors (Lipinski definition) is 4. The summed E-state index contributed by atoms with van der Waals surface area (Å²) in [7, 11) is -1.34. The Morgan fingerprint density at radius 1 is 0.923 bits per heavy atom. The van der Waals surface area contributed by atoms with Crippen molar-refractivity contribution >= 4 is 15.7 Å². The largest absolute Gasteiger partial charge is 0.369 e. The summed E-state index contributed by atoms with van der Waals surface area (Å²) >= 11 is 0. The molecule has 2 aliphatic heterocycles. The molecule has 0 spiro atoms. The molecule has 0 saturated carbocycles. The third-order valence-electron chi connectivity index (χ3n) is 5.40. The van der Waals surface area contributed by atoms with Crippen LogP contribution in [0.3, 0.4) is 0 Å². The SMILES string of the molecule is Cc1cccc(S(=O)(=O)N2Cc3cccc(N4CCN(C)CC4)c3C2)c1. The first-order valence-corrected chi connectivity index (χ1v) is 10.5. The second-order valence-corrected chi connectivity index (χ2v) is 9.23. The molecule has 4 rings (SSSR count). The molecule has 0 aromatic heterocycles. The van der Waals surface area contributed by atoms with Crippen molar-refractivity contribution < 1.29 is 8.42 Å². The van der Waals surface area contributed by atoms with Crippen molar-refractivity contribution in [3.8, 4) is 0 Å². The van der Waals surface area contributed by atoms with Gasteiger partial charge < -0.3 is 9.80 Å². The minimum absolute atomic E-state index is 0.381. The van der Waals surface area contributed by atoms with Gasteiger partial charge in [-0.05, 0) is 48.9 Å². The van der Waals surface area contributed by atoms with E-state index >= 15 is 0 Å². The number of hydrogen-bond donors (Lipinski definition) is 0. The number of benzene rings is 2. The van der Waals surface area contributed by atoms with Gasteiger partial charge in [0.2, 0.25) is 10.0 Å².